The SMILES string of the molecule is Cc1cn([C@H]2C[C@H](OP(=O)(O)OC[C@H]3O[C@@H](n4ccc(N)nc4=O)C[C@@H]3OP(=O)(O)OC[C@H]3O[C@@H](n4cc(C)c(=O)[nH]c4=O)C[C@@H]3O)[C@@H](CO)O2)c(=O)[nH]c1=O. The fraction of sp³-hybridized carbons (Fsp3) is 0.586. The number of phosphoric acid groups is 2. The number of hydrogen-bond donors (Lipinski definition) is 7. The minimum Gasteiger partial charge on any atom is -0.394 e. The van der Waals surface area contributed by atoms with Gasteiger partial charge in [0.25, 0.3) is 11.1 Å². The molecule has 2 unspecified atom stereocenters. The standard InChI is InChI=1S/C29H39N7O18P2/c1-13-8-35(28(42)32-25(13)39)22-5-15(38)19(51-22)11-48-55(44,45)54-17-7-23(34-4-3-21(30)31-27(34)41)52-20(17)12-49-56(46,47)53-16-6-24(50-18(16)10-37)36-9-14(2)26(40)33-29(36)43/h3-4,8-9,15-20,22-24,37-38H,5-7,10-12H2,1-2H3,(H,44,45)(H,46,47)(H2,30,31,41)(H,32,39,42)(H,33,40,43)/t15-,16-,17-,18+,19+,20+,22+,23+,24+/m0/s1. The number of ether oxygens (including phenoxy) is 3. The van der Waals surface area contributed by atoms with Crippen LogP contribution in [0.5, 0.6) is 0 Å². The Morgan fingerprint density at radius 3 is 1.79 bits per heavy atom. The number of aromatic nitrogens is 6. The fourth-order valence-electron chi connectivity index (χ4n) is 6.30. The van der Waals surface area contributed by atoms with Gasteiger partial charge in [-0.2, -0.15) is 4.98 Å². The Hall–Kier alpha value is -3.94. The first-order chi connectivity index (χ1) is 26.3. The molecule has 3 fully saturated rings. The van der Waals surface area contributed by atoms with Crippen LogP contribution >= 0.6 is 15.6 Å². The van der Waals surface area contributed by atoms with E-state index in [0.717, 1.165) is 13.7 Å². The highest BCUT2D eigenvalue weighted by molar-refractivity contribution is 7.47. The van der Waals surface area contributed by atoms with Crippen LogP contribution in [-0.4, -0.2) is 105 Å². The number of aliphatic hydroxyl groups is 2. The predicted octanol–water partition coefficient (Wildman–Crippen LogP) is -2.24. The first-order valence-corrected chi connectivity index (χ1v) is 19.9. The smallest absolute Gasteiger partial charge is 0.394 e. The molecule has 3 aromatic heterocycles. The van der Waals surface area contributed by atoms with Crippen molar-refractivity contribution in [2.24, 2.45) is 0 Å². The lowest BCUT2D eigenvalue weighted by molar-refractivity contribution is -0.0619. The van der Waals surface area contributed by atoms with Crippen LogP contribution in [0.2, 0.25) is 0 Å². The van der Waals surface area contributed by atoms with E-state index in [1.54, 1.807) is 0 Å². The first-order valence-electron chi connectivity index (χ1n) is 16.9. The molecule has 56 heavy (non-hydrogen) atoms. The van der Waals surface area contributed by atoms with Crippen LogP contribution in [0.15, 0.2) is 48.6 Å². The Bertz CT molecular complexity index is 2330. The Kier molecular flexibility index (Phi) is 12.3. The van der Waals surface area contributed by atoms with E-state index in [-0.39, 0.29) is 36.2 Å². The zero-order valence-electron chi connectivity index (χ0n) is 29.5. The summed E-state index contributed by atoms with van der Waals surface area (Å²) in [5.41, 5.74) is 2.20. The molecule has 0 bridgehead atoms. The highest BCUT2D eigenvalue weighted by atomic mass is 31.2. The number of nitrogen functional groups attached to an aromatic ring is 1. The molecule has 0 amide bonds. The van der Waals surface area contributed by atoms with E-state index >= 15 is 0 Å². The highest BCUT2D eigenvalue weighted by Crippen LogP contribution is 2.51. The summed E-state index contributed by atoms with van der Waals surface area (Å²) in [6.45, 7) is 0.634. The van der Waals surface area contributed by atoms with Crippen molar-refractivity contribution < 1.29 is 61.4 Å². The second-order valence-electron chi connectivity index (χ2n) is 13.2. The maximum Gasteiger partial charge on any atom is 0.472 e. The average molecular weight is 836 g/mol. The van der Waals surface area contributed by atoms with Crippen LogP contribution in [-0.2, 0) is 41.4 Å². The monoisotopic (exact) mass is 835 g/mol. The van der Waals surface area contributed by atoms with Gasteiger partial charge in [-0.25, -0.2) is 23.5 Å². The summed E-state index contributed by atoms with van der Waals surface area (Å²) in [7, 11) is -10.2. The Morgan fingerprint density at radius 1 is 0.786 bits per heavy atom. The van der Waals surface area contributed by atoms with Crippen molar-refractivity contribution in [1.29, 1.82) is 0 Å². The number of phosphoric ester groups is 2. The van der Waals surface area contributed by atoms with Crippen LogP contribution < -0.4 is 33.9 Å². The molecule has 0 spiro atoms. The Balaban J connectivity index is 1.12. The largest absolute Gasteiger partial charge is 0.472 e. The number of rotatable bonds is 14. The zero-order chi connectivity index (χ0) is 40.7. The maximum absolute atomic E-state index is 13.2. The van der Waals surface area contributed by atoms with E-state index in [1.165, 1.54) is 38.5 Å². The second-order valence-corrected chi connectivity index (χ2v) is 16.0. The number of nitrogens with two attached hydrogens (primary N) is 1. The number of H-pyrrole nitrogens is 2. The summed E-state index contributed by atoms with van der Waals surface area (Å²) in [4.78, 5) is 90.0. The van der Waals surface area contributed by atoms with Crippen LogP contribution in [0.25, 0.3) is 0 Å². The Labute approximate surface area is 313 Å². The molecule has 27 heteroatoms. The van der Waals surface area contributed by atoms with Crippen LogP contribution in [0.3, 0.4) is 0 Å². The molecular weight excluding hydrogens is 796 g/mol. The number of aromatic amines is 2. The minimum atomic E-state index is -5.08. The van der Waals surface area contributed by atoms with E-state index in [9.17, 15) is 53.1 Å². The molecule has 6 rings (SSSR count). The molecule has 3 aromatic rings. The molecule has 3 aliphatic rings. The van der Waals surface area contributed by atoms with Gasteiger partial charge < -0.3 is 39.9 Å². The van der Waals surface area contributed by atoms with Gasteiger partial charge in [0.1, 0.15) is 55.0 Å². The summed E-state index contributed by atoms with van der Waals surface area (Å²) in [6.07, 6.45) is -8.38. The Morgan fingerprint density at radius 2 is 1.25 bits per heavy atom. The third-order valence-corrected chi connectivity index (χ3v) is 11.2. The average Bonchev–Trinajstić information content (AvgIpc) is 3.82. The first kappa shape index (κ1) is 41.7. The van der Waals surface area contributed by atoms with Gasteiger partial charge in [-0.1, -0.05) is 0 Å². The van der Waals surface area contributed by atoms with Gasteiger partial charge in [-0.3, -0.25) is 51.4 Å². The number of hydrogen-bond acceptors (Lipinski definition) is 18. The van der Waals surface area contributed by atoms with Gasteiger partial charge in [0, 0.05) is 49.0 Å². The van der Waals surface area contributed by atoms with E-state index in [2.05, 4.69) is 15.0 Å². The minimum absolute atomic E-state index is 0.109. The van der Waals surface area contributed by atoms with Gasteiger partial charge in [-0.05, 0) is 19.9 Å². The van der Waals surface area contributed by atoms with Crippen LogP contribution in [0.4, 0.5) is 5.82 Å². The summed E-state index contributed by atoms with van der Waals surface area (Å²) in [6, 6.07) is 1.28. The van der Waals surface area contributed by atoms with E-state index < -0.39 is 119 Å². The quantitative estimate of drug-likeness (QED) is 0.0844. The van der Waals surface area contributed by atoms with Gasteiger partial charge in [0.05, 0.1) is 25.9 Å². The number of nitrogens with one attached hydrogen (secondary N) is 2. The molecule has 25 nitrogen and oxygen atoms in total. The topological polar surface area (TPSA) is 350 Å². The normalized spacial score (nSPS) is 30.0. The second kappa shape index (κ2) is 16.5. The lowest BCUT2D eigenvalue weighted by Crippen LogP contribution is -2.33. The van der Waals surface area contributed by atoms with Gasteiger partial charge in [0.15, 0.2) is 0 Å². The third-order valence-electron chi connectivity index (χ3n) is 9.16. The van der Waals surface area contributed by atoms with E-state index in [4.69, 9.17) is 38.0 Å². The molecule has 3 aliphatic heterocycles. The van der Waals surface area contributed by atoms with Gasteiger partial charge in [0.2, 0.25) is 0 Å². The van der Waals surface area contributed by atoms with Crippen molar-refractivity contribution in [3.8, 4) is 0 Å². The van der Waals surface area contributed by atoms with Crippen molar-refractivity contribution in [1.82, 2.24) is 28.7 Å². The molecule has 0 radical (unpaired) electrons. The predicted molar refractivity (Wildman–Crippen MR) is 185 cm³/mol. The maximum atomic E-state index is 13.2. The lowest BCUT2D eigenvalue weighted by atomic mass is 10.2. The molecule has 8 N–H and O–H groups in total. The van der Waals surface area contributed by atoms with Crippen molar-refractivity contribution in [2.45, 2.75) is 88.4 Å². The van der Waals surface area contributed by atoms with Crippen molar-refractivity contribution in [3.63, 3.8) is 0 Å². The number of aliphatic hydroxyl groups excluding tert-OH is 2. The highest BCUT2D eigenvalue weighted by Gasteiger charge is 2.46. The summed E-state index contributed by atoms with van der Waals surface area (Å²) in [5.74, 6) is -0.109. The number of anilines is 1. The summed E-state index contributed by atoms with van der Waals surface area (Å²) < 4.78 is 67.5. The van der Waals surface area contributed by atoms with Gasteiger partial charge >= 0.3 is 32.7 Å². The molecule has 0 aromatic carbocycles. The molecule has 6 heterocycles. The van der Waals surface area contributed by atoms with Crippen molar-refractivity contribution >= 4 is 21.5 Å². The summed E-state index contributed by atoms with van der Waals surface area (Å²) >= 11 is 0. The lowest BCUT2D eigenvalue weighted by Gasteiger charge is -2.24. The molecule has 308 valence electrons. The van der Waals surface area contributed by atoms with Gasteiger partial charge in [-0.15, -0.1) is 0 Å². The van der Waals surface area contributed by atoms with E-state index in [1.807, 2.05) is 0 Å². The van der Waals surface area contributed by atoms with Crippen molar-refractivity contribution in [2.75, 3.05) is 25.6 Å². The van der Waals surface area contributed by atoms with Crippen molar-refractivity contribution in [3.05, 3.63) is 87.9 Å². The number of aryl methyl sites for hydroxylation is 2. The number of nitrogens with zero attached hydrogens (tertiary/aromatic N) is 4. The third kappa shape index (κ3) is 9.43. The van der Waals surface area contributed by atoms with E-state index in [0.29, 0.717) is 0 Å². The molecule has 0 saturated carbocycles. The zero-order valence-corrected chi connectivity index (χ0v) is 31.3. The molecule has 11 atom stereocenters. The molecular formula is C29H39N7O18P2. The molecule has 3 saturated heterocycles. The molecule has 0 aliphatic carbocycles. The summed E-state index contributed by atoms with van der Waals surface area (Å²) in [5, 5.41) is 20.4. The fourth-order valence-corrected chi connectivity index (χ4v) is 8.22. The van der Waals surface area contributed by atoms with Crippen LogP contribution in [0.1, 0.15) is 49.1 Å². The van der Waals surface area contributed by atoms with Crippen LogP contribution in [0, 0.1) is 13.8 Å².